The van der Waals surface area contributed by atoms with E-state index in [0.717, 1.165) is 42.0 Å². The standard InChI is InChI=1S/C19H21BrN2O/c1-13-4-3-5-14(18(13)19-21-10-11-22-19)6-7-15-12-16(20)8-9-17(15)23-2/h3-5,8-9,12H,6-7,10-11H2,1-2H3,(H,21,22). The van der Waals surface area contributed by atoms with Gasteiger partial charge in [0.25, 0.3) is 0 Å². The molecule has 0 atom stereocenters. The molecule has 0 spiro atoms. The molecule has 1 aliphatic rings. The Hall–Kier alpha value is -1.81. The van der Waals surface area contributed by atoms with Gasteiger partial charge in [0.1, 0.15) is 11.6 Å². The van der Waals surface area contributed by atoms with Gasteiger partial charge in [-0.25, -0.2) is 0 Å². The number of hydrogen-bond acceptors (Lipinski definition) is 3. The van der Waals surface area contributed by atoms with E-state index >= 15 is 0 Å². The summed E-state index contributed by atoms with van der Waals surface area (Å²) in [4.78, 5) is 4.60. The average molecular weight is 373 g/mol. The smallest absolute Gasteiger partial charge is 0.128 e. The first-order valence-electron chi connectivity index (χ1n) is 7.88. The van der Waals surface area contributed by atoms with Crippen molar-refractivity contribution in [3.63, 3.8) is 0 Å². The number of nitrogens with zero attached hydrogens (tertiary/aromatic N) is 1. The quantitative estimate of drug-likeness (QED) is 0.863. The van der Waals surface area contributed by atoms with Gasteiger partial charge in [0.05, 0.1) is 13.7 Å². The van der Waals surface area contributed by atoms with Crippen molar-refractivity contribution < 1.29 is 4.74 Å². The Labute approximate surface area is 145 Å². The minimum absolute atomic E-state index is 0.864. The van der Waals surface area contributed by atoms with Crippen LogP contribution in [0.2, 0.25) is 0 Å². The molecule has 0 saturated heterocycles. The fourth-order valence-electron chi connectivity index (χ4n) is 3.05. The van der Waals surface area contributed by atoms with Crippen molar-refractivity contribution in [2.24, 2.45) is 4.99 Å². The monoisotopic (exact) mass is 372 g/mol. The number of aryl methyl sites for hydroxylation is 3. The molecule has 0 bridgehead atoms. The van der Waals surface area contributed by atoms with Gasteiger partial charge < -0.3 is 10.1 Å². The van der Waals surface area contributed by atoms with Crippen LogP contribution in [0.5, 0.6) is 5.75 Å². The third-order valence-corrected chi connectivity index (χ3v) is 4.67. The van der Waals surface area contributed by atoms with Gasteiger partial charge in [-0.1, -0.05) is 34.1 Å². The van der Waals surface area contributed by atoms with Gasteiger partial charge in [-0.2, -0.15) is 0 Å². The molecule has 0 fully saturated rings. The van der Waals surface area contributed by atoms with Gasteiger partial charge in [0, 0.05) is 16.6 Å². The van der Waals surface area contributed by atoms with Crippen LogP contribution in [0, 0.1) is 6.92 Å². The third kappa shape index (κ3) is 3.58. The summed E-state index contributed by atoms with van der Waals surface area (Å²) >= 11 is 3.55. The summed E-state index contributed by atoms with van der Waals surface area (Å²) in [5.41, 5.74) is 5.09. The molecule has 4 heteroatoms. The van der Waals surface area contributed by atoms with E-state index in [1.54, 1.807) is 7.11 Å². The molecule has 120 valence electrons. The second kappa shape index (κ2) is 7.18. The summed E-state index contributed by atoms with van der Waals surface area (Å²) in [5, 5.41) is 3.40. The lowest BCUT2D eigenvalue weighted by molar-refractivity contribution is 0.409. The van der Waals surface area contributed by atoms with Crippen molar-refractivity contribution in [1.29, 1.82) is 0 Å². The molecule has 1 aliphatic heterocycles. The zero-order chi connectivity index (χ0) is 16.2. The molecule has 3 nitrogen and oxygen atoms in total. The minimum Gasteiger partial charge on any atom is -0.496 e. The van der Waals surface area contributed by atoms with Gasteiger partial charge in [-0.3, -0.25) is 4.99 Å². The zero-order valence-corrected chi connectivity index (χ0v) is 15.1. The van der Waals surface area contributed by atoms with Gasteiger partial charge in [-0.05, 0) is 54.7 Å². The van der Waals surface area contributed by atoms with Crippen LogP contribution < -0.4 is 10.1 Å². The predicted molar refractivity (Wildman–Crippen MR) is 98.7 cm³/mol. The van der Waals surface area contributed by atoms with Crippen LogP contribution in [-0.2, 0) is 12.8 Å². The lowest BCUT2D eigenvalue weighted by Gasteiger charge is -2.14. The molecule has 0 aliphatic carbocycles. The SMILES string of the molecule is COc1ccc(Br)cc1CCc1cccc(C)c1C1=NCCN1. The highest BCUT2D eigenvalue weighted by molar-refractivity contribution is 9.10. The molecule has 3 rings (SSSR count). The van der Waals surface area contributed by atoms with Gasteiger partial charge >= 0.3 is 0 Å². The Balaban J connectivity index is 1.87. The van der Waals surface area contributed by atoms with Gasteiger partial charge in [-0.15, -0.1) is 0 Å². The number of hydrogen-bond donors (Lipinski definition) is 1. The number of ether oxygens (including phenoxy) is 1. The van der Waals surface area contributed by atoms with Crippen LogP contribution in [0.25, 0.3) is 0 Å². The molecule has 0 amide bonds. The van der Waals surface area contributed by atoms with Crippen LogP contribution in [0.15, 0.2) is 45.9 Å². The van der Waals surface area contributed by atoms with E-state index in [1.807, 2.05) is 12.1 Å². The largest absolute Gasteiger partial charge is 0.496 e. The maximum atomic E-state index is 5.49. The summed E-state index contributed by atoms with van der Waals surface area (Å²) < 4.78 is 6.57. The molecular weight excluding hydrogens is 352 g/mol. The highest BCUT2D eigenvalue weighted by atomic mass is 79.9. The normalized spacial score (nSPS) is 13.6. The van der Waals surface area contributed by atoms with E-state index in [9.17, 15) is 0 Å². The number of aliphatic imine (C=N–C) groups is 1. The molecule has 0 radical (unpaired) electrons. The van der Waals surface area contributed by atoms with E-state index < -0.39 is 0 Å². The molecule has 23 heavy (non-hydrogen) atoms. The molecular formula is C19H21BrN2O. The van der Waals surface area contributed by atoms with Crippen molar-refractivity contribution in [1.82, 2.24) is 5.32 Å². The van der Waals surface area contributed by atoms with E-state index in [2.05, 4.69) is 57.4 Å². The second-order valence-corrected chi connectivity index (χ2v) is 6.64. The number of amidine groups is 1. The van der Waals surface area contributed by atoms with Crippen molar-refractivity contribution in [2.75, 3.05) is 20.2 Å². The van der Waals surface area contributed by atoms with Crippen molar-refractivity contribution in [2.45, 2.75) is 19.8 Å². The van der Waals surface area contributed by atoms with Crippen LogP contribution in [0.3, 0.4) is 0 Å². The van der Waals surface area contributed by atoms with Crippen LogP contribution >= 0.6 is 15.9 Å². The number of methoxy groups -OCH3 is 1. The van der Waals surface area contributed by atoms with E-state index in [0.29, 0.717) is 0 Å². The fourth-order valence-corrected chi connectivity index (χ4v) is 3.46. The number of halogens is 1. The summed E-state index contributed by atoms with van der Waals surface area (Å²) in [5.74, 6) is 1.98. The Bertz CT molecular complexity index is 740. The lowest BCUT2D eigenvalue weighted by Crippen LogP contribution is -2.22. The summed E-state index contributed by atoms with van der Waals surface area (Å²) in [7, 11) is 1.72. The Morgan fingerprint density at radius 1 is 1.17 bits per heavy atom. The second-order valence-electron chi connectivity index (χ2n) is 5.72. The summed E-state index contributed by atoms with van der Waals surface area (Å²) in [6.07, 6.45) is 1.90. The lowest BCUT2D eigenvalue weighted by atomic mass is 9.95. The molecule has 2 aromatic rings. The average Bonchev–Trinajstić information content (AvgIpc) is 3.07. The predicted octanol–water partition coefficient (Wildman–Crippen LogP) is 3.90. The molecule has 1 N–H and O–H groups in total. The van der Waals surface area contributed by atoms with Crippen molar-refractivity contribution >= 4 is 21.8 Å². The Morgan fingerprint density at radius 3 is 2.74 bits per heavy atom. The summed E-state index contributed by atoms with van der Waals surface area (Å²) in [6, 6.07) is 12.6. The van der Waals surface area contributed by atoms with Crippen LogP contribution in [-0.4, -0.2) is 26.0 Å². The molecule has 2 aromatic carbocycles. The topological polar surface area (TPSA) is 33.6 Å². The Kier molecular flexibility index (Phi) is 5.01. The van der Waals surface area contributed by atoms with Gasteiger partial charge in [0.15, 0.2) is 0 Å². The number of rotatable bonds is 5. The first-order chi connectivity index (χ1) is 11.2. The first-order valence-corrected chi connectivity index (χ1v) is 8.68. The fraction of sp³-hybridized carbons (Fsp3) is 0.316. The van der Waals surface area contributed by atoms with Crippen LogP contribution in [0.4, 0.5) is 0 Å². The van der Waals surface area contributed by atoms with E-state index in [-0.39, 0.29) is 0 Å². The molecule has 0 unspecified atom stereocenters. The number of nitrogens with one attached hydrogen (secondary N) is 1. The highest BCUT2D eigenvalue weighted by Gasteiger charge is 2.15. The van der Waals surface area contributed by atoms with E-state index in [4.69, 9.17) is 4.74 Å². The third-order valence-electron chi connectivity index (χ3n) is 4.18. The minimum atomic E-state index is 0.864. The maximum Gasteiger partial charge on any atom is 0.128 e. The van der Waals surface area contributed by atoms with Crippen molar-refractivity contribution in [3.05, 3.63) is 63.1 Å². The van der Waals surface area contributed by atoms with E-state index in [1.165, 1.54) is 22.3 Å². The first kappa shape index (κ1) is 16.1. The summed E-state index contributed by atoms with van der Waals surface area (Å²) in [6.45, 7) is 3.95. The van der Waals surface area contributed by atoms with Gasteiger partial charge in [0.2, 0.25) is 0 Å². The van der Waals surface area contributed by atoms with Crippen LogP contribution in [0.1, 0.15) is 22.3 Å². The molecule has 0 saturated carbocycles. The highest BCUT2D eigenvalue weighted by Crippen LogP contribution is 2.25. The Morgan fingerprint density at radius 2 is 2.00 bits per heavy atom. The molecule has 0 aromatic heterocycles. The zero-order valence-electron chi connectivity index (χ0n) is 13.5. The van der Waals surface area contributed by atoms with Crippen molar-refractivity contribution in [3.8, 4) is 5.75 Å². The molecule has 1 heterocycles. The number of benzene rings is 2. The maximum absolute atomic E-state index is 5.49.